The molecule has 2 unspecified atom stereocenters. The molecule has 10 aromatic rings. The van der Waals surface area contributed by atoms with Crippen molar-refractivity contribution in [1.82, 2.24) is 0 Å². The lowest BCUT2D eigenvalue weighted by Crippen LogP contribution is -2.34. The van der Waals surface area contributed by atoms with Gasteiger partial charge in [-0.05, 0) is 126 Å². The Morgan fingerprint density at radius 2 is 1.30 bits per heavy atom. The molecule has 13 rings (SSSR count). The number of aliphatic imine (C=N–C) groups is 1. The fraction of sp³-hybridized carbons (Fsp3) is 0.117. The van der Waals surface area contributed by atoms with Gasteiger partial charge in [0.2, 0.25) is 0 Å². The number of fused-ring (bicyclic) bond motifs is 16. The second-order valence-corrected chi connectivity index (χ2v) is 17.7. The molecule has 3 bridgehead atoms. The van der Waals surface area contributed by atoms with Crippen LogP contribution < -0.4 is 5.32 Å². The SMILES string of the molecule is CC[C@@H]1/C(c2ccccc2)=C/c2ccc3c(c2)CC(c2cc4ccccc4cc2-3)c2c(ccc3c2oc2cc4ccccc4cc23)C=NC1[C@H]1Nc2ccccc2-c2ccccc21. The Labute approximate surface area is 367 Å². The Bertz CT molecular complexity index is 3540. The van der Waals surface area contributed by atoms with Crippen LogP contribution in [-0.2, 0) is 6.42 Å². The molecule has 0 radical (unpaired) electrons. The van der Waals surface area contributed by atoms with E-state index in [1.54, 1.807) is 0 Å². The van der Waals surface area contributed by atoms with Gasteiger partial charge in [-0.15, -0.1) is 0 Å². The van der Waals surface area contributed by atoms with Crippen LogP contribution in [0.15, 0.2) is 191 Å². The summed E-state index contributed by atoms with van der Waals surface area (Å²) in [5, 5.41) is 11.3. The van der Waals surface area contributed by atoms with E-state index < -0.39 is 0 Å². The van der Waals surface area contributed by atoms with Crippen LogP contribution in [0, 0.1) is 5.92 Å². The summed E-state index contributed by atoms with van der Waals surface area (Å²) >= 11 is 0. The van der Waals surface area contributed by atoms with Crippen molar-refractivity contribution in [3.05, 3.63) is 221 Å². The highest BCUT2D eigenvalue weighted by Crippen LogP contribution is 2.50. The van der Waals surface area contributed by atoms with Crippen molar-refractivity contribution >= 4 is 67.0 Å². The number of hydrogen-bond donors (Lipinski definition) is 1. The zero-order valence-electron chi connectivity index (χ0n) is 35.1. The molecule has 0 saturated heterocycles. The third-order valence-corrected chi connectivity index (χ3v) is 14.3. The molecule has 3 heterocycles. The molecule has 9 aromatic carbocycles. The Morgan fingerprint density at radius 3 is 2.13 bits per heavy atom. The van der Waals surface area contributed by atoms with Gasteiger partial charge in [0.1, 0.15) is 11.2 Å². The molecule has 3 heteroatoms. The van der Waals surface area contributed by atoms with E-state index >= 15 is 0 Å². The minimum absolute atomic E-state index is 0.0200. The predicted octanol–water partition coefficient (Wildman–Crippen LogP) is 15.4. The maximum Gasteiger partial charge on any atom is 0.139 e. The second kappa shape index (κ2) is 14.3. The van der Waals surface area contributed by atoms with Gasteiger partial charge >= 0.3 is 0 Å². The van der Waals surface area contributed by atoms with Crippen molar-refractivity contribution in [2.75, 3.05) is 5.32 Å². The maximum absolute atomic E-state index is 7.18. The van der Waals surface area contributed by atoms with E-state index in [4.69, 9.17) is 9.41 Å². The molecule has 1 N–H and O–H groups in total. The summed E-state index contributed by atoms with van der Waals surface area (Å²) < 4.78 is 7.18. The zero-order chi connectivity index (χ0) is 41.6. The van der Waals surface area contributed by atoms with Crippen molar-refractivity contribution in [3.8, 4) is 22.3 Å². The summed E-state index contributed by atoms with van der Waals surface area (Å²) in [4.78, 5) is 5.91. The van der Waals surface area contributed by atoms with Crippen LogP contribution in [0.4, 0.5) is 5.69 Å². The van der Waals surface area contributed by atoms with Crippen LogP contribution in [0.25, 0.3) is 77.4 Å². The minimum atomic E-state index is -0.167. The predicted molar refractivity (Wildman–Crippen MR) is 264 cm³/mol. The van der Waals surface area contributed by atoms with Gasteiger partial charge < -0.3 is 9.73 Å². The molecule has 300 valence electrons. The van der Waals surface area contributed by atoms with Gasteiger partial charge in [0, 0.05) is 45.6 Å². The summed E-state index contributed by atoms with van der Waals surface area (Å²) in [6.45, 7) is 2.33. The van der Waals surface area contributed by atoms with E-state index in [0.29, 0.717) is 0 Å². The van der Waals surface area contributed by atoms with E-state index in [0.717, 1.165) is 46.0 Å². The monoisotopic (exact) mass is 808 g/mol. The van der Waals surface area contributed by atoms with Gasteiger partial charge in [-0.3, -0.25) is 4.99 Å². The molecule has 4 atom stereocenters. The lowest BCUT2D eigenvalue weighted by atomic mass is 9.73. The molecule has 1 aliphatic carbocycles. The lowest BCUT2D eigenvalue weighted by molar-refractivity contribution is 0.453. The Morgan fingerprint density at radius 1 is 0.587 bits per heavy atom. The van der Waals surface area contributed by atoms with Gasteiger partial charge in [-0.2, -0.15) is 0 Å². The van der Waals surface area contributed by atoms with E-state index in [9.17, 15) is 0 Å². The van der Waals surface area contributed by atoms with Gasteiger partial charge in [0.15, 0.2) is 0 Å². The molecule has 0 spiro atoms. The van der Waals surface area contributed by atoms with Crippen molar-refractivity contribution in [2.24, 2.45) is 10.9 Å². The Balaban J connectivity index is 1.12. The van der Waals surface area contributed by atoms with E-state index in [-0.39, 0.29) is 23.9 Å². The molecule has 3 nitrogen and oxygen atoms in total. The van der Waals surface area contributed by atoms with E-state index in [1.165, 1.54) is 82.8 Å². The molecule has 3 aliphatic rings. The summed E-state index contributed by atoms with van der Waals surface area (Å²) in [7, 11) is 0. The molecule has 2 aliphatic heterocycles. The molecule has 0 amide bonds. The number of nitrogens with zero attached hydrogens (tertiary/aromatic N) is 1. The topological polar surface area (TPSA) is 37.5 Å². The van der Waals surface area contributed by atoms with Crippen LogP contribution >= 0.6 is 0 Å². The lowest BCUT2D eigenvalue weighted by Gasteiger charge is -2.38. The number of furan rings is 1. The molecular formula is C60H44N2O. The molecule has 0 saturated carbocycles. The smallest absolute Gasteiger partial charge is 0.139 e. The largest absolute Gasteiger partial charge is 0.456 e. The number of anilines is 1. The highest BCUT2D eigenvalue weighted by Gasteiger charge is 2.37. The van der Waals surface area contributed by atoms with Crippen molar-refractivity contribution in [3.63, 3.8) is 0 Å². The summed E-state index contributed by atoms with van der Waals surface area (Å²) in [6, 6.07) is 67.0. The summed E-state index contributed by atoms with van der Waals surface area (Å²) in [5.74, 6) is 0.0872. The average molecular weight is 809 g/mol. The Kier molecular flexibility index (Phi) is 8.21. The first-order valence-electron chi connectivity index (χ1n) is 22.5. The zero-order valence-corrected chi connectivity index (χ0v) is 35.1. The molecule has 1 aromatic heterocycles. The highest BCUT2D eigenvalue weighted by molar-refractivity contribution is 6.12. The number of para-hydroxylation sites is 1. The molecule has 0 fully saturated rings. The van der Waals surface area contributed by atoms with E-state index in [1.807, 2.05) is 0 Å². The standard InChI is InChI=1S/C60H44N2O/c1-2-44-50(37-14-4-3-5-15-37)29-36-24-26-45-43(28-36)33-54(52-31-39-17-7-6-16-38(39)30-51(45)52)57-42(25-27-49-53-32-40-18-8-9-19-41(40)34-56(53)63-60(49)57)35-61-58(44)59-48-22-11-10-20-46(48)47-21-12-13-23-55(47)62-59/h3-32,34-35,44,54,58-59,62H,2,33H2,1H3/b50-29+,61-35?/t44-,54?,58?,59+/m1/s1. The third kappa shape index (κ3) is 5.76. The Hall–Kier alpha value is -7.49. The van der Waals surface area contributed by atoms with Crippen LogP contribution in [0.5, 0.6) is 0 Å². The van der Waals surface area contributed by atoms with Crippen LogP contribution in [-0.4, -0.2) is 12.3 Å². The van der Waals surface area contributed by atoms with Crippen molar-refractivity contribution in [1.29, 1.82) is 0 Å². The van der Waals surface area contributed by atoms with Crippen LogP contribution in [0.1, 0.15) is 64.2 Å². The van der Waals surface area contributed by atoms with E-state index in [2.05, 4.69) is 207 Å². The van der Waals surface area contributed by atoms with Crippen LogP contribution in [0.2, 0.25) is 0 Å². The molecule has 63 heavy (non-hydrogen) atoms. The number of benzene rings is 9. The van der Waals surface area contributed by atoms with Gasteiger partial charge in [-0.1, -0.05) is 159 Å². The van der Waals surface area contributed by atoms with Gasteiger partial charge in [0.05, 0.1) is 12.1 Å². The number of rotatable bonds is 3. The molecular weight excluding hydrogens is 765 g/mol. The first-order chi connectivity index (χ1) is 31.2. The maximum atomic E-state index is 7.18. The summed E-state index contributed by atoms with van der Waals surface area (Å²) in [5.41, 5.74) is 18.1. The van der Waals surface area contributed by atoms with Crippen molar-refractivity contribution in [2.45, 2.75) is 37.8 Å². The van der Waals surface area contributed by atoms with Crippen LogP contribution in [0.3, 0.4) is 0 Å². The summed E-state index contributed by atoms with van der Waals surface area (Å²) in [6.07, 6.45) is 6.42. The number of nitrogens with one attached hydrogen (secondary N) is 1. The average Bonchev–Trinajstić information content (AvgIpc) is 3.70. The highest BCUT2D eigenvalue weighted by atomic mass is 16.3. The quantitative estimate of drug-likeness (QED) is 0.193. The number of hydrogen-bond acceptors (Lipinski definition) is 3. The van der Waals surface area contributed by atoms with Gasteiger partial charge in [0.25, 0.3) is 0 Å². The third-order valence-electron chi connectivity index (χ3n) is 14.3. The van der Waals surface area contributed by atoms with Gasteiger partial charge in [-0.25, -0.2) is 0 Å². The van der Waals surface area contributed by atoms with Crippen molar-refractivity contribution < 1.29 is 4.42 Å². The first-order valence-corrected chi connectivity index (χ1v) is 22.5. The normalized spacial score (nSPS) is 19.5. The first kappa shape index (κ1) is 36.2. The second-order valence-electron chi connectivity index (χ2n) is 17.7. The minimum Gasteiger partial charge on any atom is -0.456 e. The fourth-order valence-corrected chi connectivity index (χ4v) is 11.4. The fourth-order valence-electron chi connectivity index (χ4n) is 11.4.